The number of rotatable bonds is 6. The lowest BCUT2D eigenvalue weighted by Gasteiger charge is -2.35. The second-order valence-corrected chi connectivity index (χ2v) is 13.2. The average molecular weight is 530 g/mol. The Morgan fingerprint density at radius 3 is 2.00 bits per heavy atom. The van der Waals surface area contributed by atoms with Gasteiger partial charge in [-0.15, -0.1) is 0 Å². The topological polar surface area (TPSA) is 52.7 Å². The Morgan fingerprint density at radius 1 is 0.795 bits per heavy atom. The van der Waals surface area contributed by atoms with Gasteiger partial charge in [0, 0.05) is 42.9 Å². The van der Waals surface area contributed by atoms with Gasteiger partial charge < -0.3 is 15.1 Å². The molecule has 0 spiro atoms. The molecular formula is C34H47N3O2. The number of likely N-dealkylation sites (tertiary alicyclic amines) is 2. The second kappa shape index (κ2) is 12.2. The third kappa shape index (κ3) is 6.92. The summed E-state index contributed by atoms with van der Waals surface area (Å²) in [6.07, 6.45) is 6.09. The highest BCUT2D eigenvalue weighted by atomic mass is 16.2. The normalized spacial score (nSPS) is 26.9. The van der Waals surface area contributed by atoms with Crippen LogP contribution in [0.25, 0.3) is 0 Å². The number of hydrogen-bond donors (Lipinski definition) is 1. The molecule has 2 aromatic rings. The number of benzene rings is 2. The van der Waals surface area contributed by atoms with Crippen molar-refractivity contribution in [2.24, 2.45) is 17.8 Å². The first-order valence-electron chi connectivity index (χ1n) is 15.2. The number of piperidine rings is 1. The van der Waals surface area contributed by atoms with Crippen molar-refractivity contribution in [1.82, 2.24) is 15.1 Å². The van der Waals surface area contributed by atoms with E-state index in [-0.39, 0.29) is 29.2 Å². The Kier molecular flexibility index (Phi) is 8.76. The predicted molar refractivity (Wildman–Crippen MR) is 157 cm³/mol. The number of amides is 2. The molecule has 0 aromatic heterocycles. The van der Waals surface area contributed by atoms with Crippen LogP contribution < -0.4 is 5.32 Å². The molecule has 1 N–H and O–H groups in total. The molecule has 0 bridgehead atoms. The fourth-order valence-corrected chi connectivity index (χ4v) is 7.26. The number of carbonyl (C=O) groups is 2. The molecule has 39 heavy (non-hydrogen) atoms. The van der Waals surface area contributed by atoms with E-state index in [9.17, 15) is 9.59 Å². The summed E-state index contributed by atoms with van der Waals surface area (Å²) in [4.78, 5) is 32.0. The monoisotopic (exact) mass is 529 g/mol. The van der Waals surface area contributed by atoms with E-state index in [2.05, 4.69) is 75.8 Å². The molecule has 3 fully saturated rings. The lowest BCUT2D eigenvalue weighted by Crippen LogP contribution is -2.49. The van der Waals surface area contributed by atoms with Crippen LogP contribution in [0.15, 0.2) is 60.7 Å². The SMILES string of the molecule is CC(C)(C)NC(=O)[C@H]1CCCC[C@H]1C(=O)N1C[C@H](CN2CCC(c3ccccc3)CC2)[C@@H](c2ccccc2)C1. The molecular weight excluding hydrogens is 482 g/mol. The van der Waals surface area contributed by atoms with Crippen LogP contribution in [0.2, 0.25) is 0 Å². The van der Waals surface area contributed by atoms with Gasteiger partial charge in [0.1, 0.15) is 0 Å². The van der Waals surface area contributed by atoms with E-state index in [1.54, 1.807) is 0 Å². The summed E-state index contributed by atoms with van der Waals surface area (Å²) in [5.41, 5.74) is 2.52. The van der Waals surface area contributed by atoms with Crippen LogP contribution in [0.1, 0.15) is 82.3 Å². The van der Waals surface area contributed by atoms with Gasteiger partial charge in [-0.05, 0) is 82.5 Å². The maximum Gasteiger partial charge on any atom is 0.226 e. The molecule has 4 atom stereocenters. The minimum absolute atomic E-state index is 0.0530. The maximum atomic E-state index is 14.0. The van der Waals surface area contributed by atoms with Crippen LogP contribution in [0.5, 0.6) is 0 Å². The van der Waals surface area contributed by atoms with Crippen molar-refractivity contribution in [3.63, 3.8) is 0 Å². The highest BCUT2D eigenvalue weighted by Gasteiger charge is 2.43. The van der Waals surface area contributed by atoms with E-state index >= 15 is 0 Å². The van der Waals surface area contributed by atoms with E-state index in [4.69, 9.17) is 0 Å². The molecule has 5 rings (SSSR count). The third-order valence-electron chi connectivity index (χ3n) is 9.25. The largest absolute Gasteiger partial charge is 0.351 e. The van der Waals surface area contributed by atoms with Crippen molar-refractivity contribution in [3.05, 3.63) is 71.8 Å². The van der Waals surface area contributed by atoms with Crippen LogP contribution >= 0.6 is 0 Å². The number of nitrogens with one attached hydrogen (secondary N) is 1. The van der Waals surface area contributed by atoms with Crippen LogP contribution in [-0.2, 0) is 9.59 Å². The average Bonchev–Trinajstić information content (AvgIpc) is 3.37. The van der Waals surface area contributed by atoms with Crippen LogP contribution in [0.3, 0.4) is 0 Å². The molecule has 0 radical (unpaired) electrons. The molecule has 2 heterocycles. The number of nitrogens with zero attached hydrogens (tertiary/aromatic N) is 2. The standard InChI is InChI=1S/C34H47N3O2/c1-34(2,3)35-32(38)29-16-10-11-17-30(29)33(39)37-23-28(31(24-37)27-14-8-5-9-15-27)22-36-20-18-26(19-21-36)25-12-6-4-7-13-25/h4-9,12-15,26,28-31H,10-11,16-24H2,1-3H3,(H,35,38)/t28-,29-,30+,31+/m0/s1. The van der Waals surface area contributed by atoms with Gasteiger partial charge in [0.2, 0.25) is 11.8 Å². The van der Waals surface area contributed by atoms with Gasteiger partial charge in [0.25, 0.3) is 0 Å². The van der Waals surface area contributed by atoms with Crippen molar-refractivity contribution in [2.45, 2.75) is 76.7 Å². The Morgan fingerprint density at radius 2 is 1.38 bits per heavy atom. The molecule has 5 heteroatoms. The zero-order valence-electron chi connectivity index (χ0n) is 24.1. The van der Waals surface area contributed by atoms with Gasteiger partial charge in [-0.3, -0.25) is 9.59 Å². The van der Waals surface area contributed by atoms with E-state index in [0.717, 1.165) is 58.4 Å². The molecule has 2 saturated heterocycles. The molecule has 0 unspecified atom stereocenters. The summed E-state index contributed by atoms with van der Waals surface area (Å²) in [5, 5.41) is 3.16. The van der Waals surface area contributed by atoms with E-state index in [1.807, 2.05) is 20.8 Å². The first kappa shape index (κ1) is 27.9. The van der Waals surface area contributed by atoms with Gasteiger partial charge in [0.15, 0.2) is 0 Å². The van der Waals surface area contributed by atoms with Crippen LogP contribution in [0, 0.1) is 17.8 Å². The summed E-state index contributed by atoms with van der Waals surface area (Å²) >= 11 is 0. The van der Waals surface area contributed by atoms with Crippen LogP contribution in [-0.4, -0.2) is 59.9 Å². The van der Waals surface area contributed by atoms with Gasteiger partial charge in [-0.2, -0.15) is 0 Å². The molecule has 210 valence electrons. The lowest BCUT2D eigenvalue weighted by molar-refractivity contribution is -0.143. The summed E-state index contributed by atoms with van der Waals surface area (Å²) in [6.45, 7) is 10.9. The van der Waals surface area contributed by atoms with Crippen molar-refractivity contribution < 1.29 is 9.59 Å². The van der Waals surface area contributed by atoms with Crippen molar-refractivity contribution in [3.8, 4) is 0 Å². The molecule has 1 aliphatic carbocycles. The summed E-state index contributed by atoms with van der Waals surface area (Å²) in [7, 11) is 0. The molecule has 2 aliphatic heterocycles. The van der Waals surface area contributed by atoms with Gasteiger partial charge in [-0.1, -0.05) is 73.5 Å². The quantitative estimate of drug-likeness (QED) is 0.512. The zero-order chi connectivity index (χ0) is 27.4. The van der Waals surface area contributed by atoms with Gasteiger partial charge in [0.05, 0.1) is 0 Å². The molecule has 3 aliphatic rings. The van der Waals surface area contributed by atoms with E-state index in [0.29, 0.717) is 17.8 Å². The highest BCUT2D eigenvalue weighted by Crippen LogP contribution is 2.38. The second-order valence-electron chi connectivity index (χ2n) is 13.2. The molecule has 1 saturated carbocycles. The fourth-order valence-electron chi connectivity index (χ4n) is 7.26. The predicted octanol–water partition coefficient (Wildman–Crippen LogP) is 5.83. The minimum atomic E-state index is -0.284. The summed E-state index contributed by atoms with van der Waals surface area (Å²) < 4.78 is 0. The Hall–Kier alpha value is -2.66. The fraction of sp³-hybridized carbons (Fsp3) is 0.588. The molecule has 2 amide bonds. The smallest absolute Gasteiger partial charge is 0.226 e. The summed E-state index contributed by atoms with van der Waals surface area (Å²) in [6, 6.07) is 21.7. The lowest BCUT2D eigenvalue weighted by atomic mass is 9.77. The van der Waals surface area contributed by atoms with E-state index in [1.165, 1.54) is 24.0 Å². The first-order chi connectivity index (χ1) is 18.8. The third-order valence-corrected chi connectivity index (χ3v) is 9.25. The van der Waals surface area contributed by atoms with Crippen LogP contribution in [0.4, 0.5) is 0 Å². The van der Waals surface area contributed by atoms with Gasteiger partial charge in [-0.25, -0.2) is 0 Å². The van der Waals surface area contributed by atoms with E-state index < -0.39 is 0 Å². The number of hydrogen-bond acceptors (Lipinski definition) is 3. The number of carbonyl (C=O) groups excluding carboxylic acids is 2. The Labute approximate surface area is 235 Å². The van der Waals surface area contributed by atoms with Crippen molar-refractivity contribution >= 4 is 11.8 Å². The minimum Gasteiger partial charge on any atom is -0.351 e. The Bertz CT molecular complexity index is 1090. The summed E-state index contributed by atoms with van der Waals surface area (Å²) in [5.74, 6) is 1.25. The zero-order valence-corrected chi connectivity index (χ0v) is 24.1. The Balaban J connectivity index is 1.27. The van der Waals surface area contributed by atoms with Crippen molar-refractivity contribution in [2.75, 3.05) is 32.7 Å². The maximum absolute atomic E-state index is 14.0. The molecule has 5 nitrogen and oxygen atoms in total. The van der Waals surface area contributed by atoms with Gasteiger partial charge >= 0.3 is 0 Å². The highest BCUT2D eigenvalue weighted by molar-refractivity contribution is 5.88. The van der Waals surface area contributed by atoms with Crippen molar-refractivity contribution in [1.29, 1.82) is 0 Å². The first-order valence-corrected chi connectivity index (χ1v) is 15.2. The molecule has 2 aromatic carbocycles.